The summed E-state index contributed by atoms with van der Waals surface area (Å²) in [5, 5.41) is 16.4. The number of carbonyl (C=O) groups is 1. The van der Waals surface area contributed by atoms with Crippen molar-refractivity contribution in [3.8, 4) is 0 Å². The summed E-state index contributed by atoms with van der Waals surface area (Å²) >= 11 is 0. The van der Waals surface area contributed by atoms with Gasteiger partial charge in [0, 0.05) is 19.2 Å². The van der Waals surface area contributed by atoms with E-state index >= 15 is 0 Å². The van der Waals surface area contributed by atoms with Gasteiger partial charge in [0.1, 0.15) is 0 Å². The predicted octanol–water partition coefficient (Wildman–Crippen LogP) is 1.36. The fraction of sp³-hybridized carbons (Fsp3) is 0.750. The van der Waals surface area contributed by atoms with Gasteiger partial charge in [-0.1, -0.05) is 19.1 Å². The average molecular weight is 255 g/mol. The summed E-state index contributed by atoms with van der Waals surface area (Å²) in [6.07, 6.45) is 3.34. The van der Waals surface area contributed by atoms with Gasteiger partial charge < -0.3 is 9.84 Å². The number of rotatable bonds is 9. The van der Waals surface area contributed by atoms with Gasteiger partial charge in [-0.25, -0.2) is 4.68 Å². The molecule has 0 aliphatic carbocycles. The fourth-order valence-corrected chi connectivity index (χ4v) is 1.38. The van der Waals surface area contributed by atoms with Crippen molar-refractivity contribution in [1.29, 1.82) is 0 Å². The van der Waals surface area contributed by atoms with Crippen molar-refractivity contribution in [2.45, 2.75) is 39.7 Å². The molecule has 6 nitrogen and oxygen atoms in total. The summed E-state index contributed by atoms with van der Waals surface area (Å²) in [7, 11) is 0. The van der Waals surface area contributed by atoms with E-state index in [4.69, 9.17) is 9.84 Å². The normalized spacial score (nSPS) is 11.1. The molecule has 1 aromatic rings. The molecular weight excluding hydrogens is 234 g/mol. The Morgan fingerprint density at radius 2 is 2.28 bits per heavy atom. The van der Waals surface area contributed by atoms with Gasteiger partial charge in [-0.15, -0.1) is 5.10 Å². The first-order chi connectivity index (χ1) is 8.58. The minimum atomic E-state index is -0.818. The molecule has 1 aromatic heterocycles. The zero-order chi connectivity index (χ0) is 13.4. The molecule has 0 aliphatic heterocycles. The largest absolute Gasteiger partial charge is 0.481 e. The minimum Gasteiger partial charge on any atom is -0.481 e. The first kappa shape index (κ1) is 14.6. The number of nitrogens with zero attached hydrogens (tertiary/aromatic N) is 3. The highest BCUT2D eigenvalue weighted by Crippen LogP contribution is 2.00. The molecule has 0 amide bonds. The fourth-order valence-electron chi connectivity index (χ4n) is 1.38. The summed E-state index contributed by atoms with van der Waals surface area (Å²) < 4.78 is 7.16. The Balaban J connectivity index is 2.17. The molecule has 1 N–H and O–H groups in total. The van der Waals surface area contributed by atoms with Crippen LogP contribution in [0.5, 0.6) is 0 Å². The van der Waals surface area contributed by atoms with Gasteiger partial charge in [0.15, 0.2) is 0 Å². The Bertz CT molecular complexity index is 363. The first-order valence-corrected chi connectivity index (χ1v) is 6.26. The van der Waals surface area contributed by atoms with Gasteiger partial charge >= 0.3 is 5.97 Å². The van der Waals surface area contributed by atoms with Crippen LogP contribution >= 0.6 is 0 Å². The van der Waals surface area contributed by atoms with Gasteiger partial charge in [0.2, 0.25) is 0 Å². The second kappa shape index (κ2) is 7.81. The summed E-state index contributed by atoms with van der Waals surface area (Å²) in [5.41, 5.74) is 0.708. The third-order valence-electron chi connectivity index (χ3n) is 2.49. The third kappa shape index (κ3) is 6.34. The van der Waals surface area contributed by atoms with Gasteiger partial charge in [-0.05, 0) is 12.3 Å². The highest BCUT2D eigenvalue weighted by Gasteiger charge is 2.04. The van der Waals surface area contributed by atoms with E-state index in [0.29, 0.717) is 31.2 Å². The second-order valence-electron chi connectivity index (χ2n) is 4.66. The van der Waals surface area contributed by atoms with Gasteiger partial charge in [-0.2, -0.15) is 0 Å². The lowest BCUT2D eigenvalue weighted by Crippen LogP contribution is -2.08. The van der Waals surface area contributed by atoms with Crippen molar-refractivity contribution in [3.05, 3.63) is 11.9 Å². The van der Waals surface area contributed by atoms with E-state index in [9.17, 15) is 4.79 Å². The first-order valence-electron chi connectivity index (χ1n) is 6.26. The van der Waals surface area contributed by atoms with Crippen LogP contribution in [0.3, 0.4) is 0 Å². The number of aryl methyl sites for hydroxylation is 1. The van der Waals surface area contributed by atoms with Crippen LogP contribution in [0.4, 0.5) is 0 Å². The second-order valence-corrected chi connectivity index (χ2v) is 4.66. The van der Waals surface area contributed by atoms with E-state index in [2.05, 4.69) is 24.2 Å². The summed E-state index contributed by atoms with van der Waals surface area (Å²) in [6.45, 7) is 6.34. The molecular formula is C12H21N3O3. The molecule has 0 aliphatic rings. The Hall–Kier alpha value is -1.43. The maximum Gasteiger partial charge on any atom is 0.303 e. The van der Waals surface area contributed by atoms with Crippen molar-refractivity contribution < 1.29 is 14.6 Å². The van der Waals surface area contributed by atoms with E-state index in [1.807, 2.05) is 0 Å². The molecule has 1 rings (SSSR count). The Morgan fingerprint density at radius 1 is 1.50 bits per heavy atom. The van der Waals surface area contributed by atoms with Crippen LogP contribution in [0.1, 0.15) is 32.4 Å². The molecule has 0 aromatic carbocycles. The number of hydrogen-bond acceptors (Lipinski definition) is 4. The van der Waals surface area contributed by atoms with Crippen molar-refractivity contribution in [1.82, 2.24) is 15.0 Å². The van der Waals surface area contributed by atoms with Crippen molar-refractivity contribution >= 4 is 5.97 Å². The molecule has 102 valence electrons. The highest BCUT2D eigenvalue weighted by atomic mass is 16.5. The quantitative estimate of drug-likeness (QED) is 0.674. The molecule has 0 saturated carbocycles. The number of aliphatic carboxylic acids is 1. The standard InChI is InChI=1S/C12H21N3O3/c1-10(2)5-7-18-8-6-15-9-11(13-14-15)3-4-12(16)17/h9-10H,3-8H2,1-2H3,(H,16,17). The lowest BCUT2D eigenvalue weighted by molar-refractivity contribution is -0.136. The van der Waals surface area contributed by atoms with Crippen LogP contribution in [0, 0.1) is 5.92 Å². The number of aromatic nitrogens is 3. The number of hydrogen-bond donors (Lipinski definition) is 1. The average Bonchev–Trinajstić information content (AvgIpc) is 2.73. The van der Waals surface area contributed by atoms with Crippen molar-refractivity contribution in [2.75, 3.05) is 13.2 Å². The molecule has 0 radical (unpaired) electrons. The summed E-state index contributed by atoms with van der Waals surface area (Å²) in [6, 6.07) is 0. The molecule has 0 bridgehead atoms. The van der Waals surface area contributed by atoms with Crippen LogP contribution in [0.25, 0.3) is 0 Å². The zero-order valence-corrected chi connectivity index (χ0v) is 11.0. The molecule has 6 heteroatoms. The van der Waals surface area contributed by atoms with Gasteiger partial charge in [0.25, 0.3) is 0 Å². The third-order valence-corrected chi connectivity index (χ3v) is 2.49. The SMILES string of the molecule is CC(C)CCOCCn1cc(CCC(=O)O)nn1. The van der Waals surface area contributed by atoms with Gasteiger partial charge in [-0.3, -0.25) is 4.79 Å². The van der Waals surface area contributed by atoms with Crippen LogP contribution in [-0.2, 0) is 22.5 Å². The number of ether oxygens (including phenoxy) is 1. The van der Waals surface area contributed by atoms with Gasteiger partial charge in [0.05, 0.1) is 25.3 Å². The highest BCUT2D eigenvalue weighted by molar-refractivity contribution is 5.66. The van der Waals surface area contributed by atoms with Crippen LogP contribution in [-0.4, -0.2) is 39.3 Å². The van der Waals surface area contributed by atoms with Crippen molar-refractivity contribution in [2.24, 2.45) is 5.92 Å². The van der Waals surface area contributed by atoms with Crippen LogP contribution in [0.15, 0.2) is 6.20 Å². The predicted molar refractivity (Wildman–Crippen MR) is 66.3 cm³/mol. The Morgan fingerprint density at radius 3 is 2.94 bits per heavy atom. The van der Waals surface area contributed by atoms with E-state index in [-0.39, 0.29) is 6.42 Å². The molecule has 0 fully saturated rings. The lowest BCUT2D eigenvalue weighted by Gasteiger charge is -2.05. The Kier molecular flexibility index (Phi) is 6.35. The van der Waals surface area contributed by atoms with E-state index in [0.717, 1.165) is 13.0 Å². The molecule has 0 atom stereocenters. The molecule has 18 heavy (non-hydrogen) atoms. The molecule has 1 heterocycles. The minimum absolute atomic E-state index is 0.0869. The van der Waals surface area contributed by atoms with E-state index in [1.54, 1.807) is 10.9 Å². The summed E-state index contributed by atoms with van der Waals surface area (Å²) in [5.74, 6) is -0.166. The smallest absolute Gasteiger partial charge is 0.303 e. The zero-order valence-electron chi connectivity index (χ0n) is 11.0. The lowest BCUT2D eigenvalue weighted by atomic mass is 10.1. The topological polar surface area (TPSA) is 77.2 Å². The maximum atomic E-state index is 10.4. The van der Waals surface area contributed by atoms with E-state index in [1.165, 1.54) is 0 Å². The monoisotopic (exact) mass is 255 g/mol. The Labute approximate surface area is 107 Å². The van der Waals surface area contributed by atoms with Crippen molar-refractivity contribution in [3.63, 3.8) is 0 Å². The molecule has 0 spiro atoms. The number of carboxylic acids is 1. The molecule has 0 saturated heterocycles. The molecule has 0 unspecified atom stereocenters. The number of carboxylic acid groups (broad SMARTS) is 1. The maximum absolute atomic E-state index is 10.4. The summed E-state index contributed by atoms with van der Waals surface area (Å²) in [4.78, 5) is 10.4. The van der Waals surface area contributed by atoms with E-state index < -0.39 is 5.97 Å². The van der Waals surface area contributed by atoms with Crippen LogP contribution in [0.2, 0.25) is 0 Å². The van der Waals surface area contributed by atoms with Crippen LogP contribution < -0.4 is 0 Å².